The lowest BCUT2D eigenvalue weighted by Crippen LogP contribution is -2.37. The number of aryl methyl sites for hydroxylation is 1. The van der Waals surface area contributed by atoms with Crippen LogP contribution in [0.1, 0.15) is 25.3 Å². The number of nitrogens with zero attached hydrogens (tertiary/aromatic N) is 3. The largest absolute Gasteiger partial charge is 0.505 e. The number of piperidine rings is 1. The van der Waals surface area contributed by atoms with Gasteiger partial charge in [-0.1, -0.05) is 6.92 Å². The van der Waals surface area contributed by atoms with Gasteiger partial charge >= 0.3 is 0 Å². The Kier molecular flexibility index (Phi) is 5.98. The first-order chi connectivity index (χ1) is 12.8. The molecule has 0 bridgehead atoms. The fourth-order valence-electron chi connectivity index (χ4n) is 2.96. The zero-order valence-electron chi connectivity index (χ0n) is 15.3. The zero-order chi connectivity index (χ0) is 19.6. The smallest absolute Gasteiger partial charge is 0.243 e. The molecule has 1 aliphatic heterocycles. The maximum atomic E-state index is 12.7. The van der Waals surface area contributed by atoms with Gasteiger partial charge in [-0.25, -0.2) is 8.42 Å². The highest BCUT2D eigenvalue weighted by Gasteiger charge is 2.27. The summed E-state index contributed by atoms with van der Waals surface area (Å²) in [7, 11) is -3.47. The van der Waals surface area contributed by atoms with E-state index in [0.29, 0.717) is 34.9 Å². The summed E-state index contributed by atoms with van der Waals surface area (Å²) < 4.78 is 27.6. The molecule has 27 heavy (non-hydrogen) atoms. The summed E-state index contributed by atoms with van der Waals surface area (Å²) in [5.74, 6) is 0.584. The van der Waals surface area contributed by atoms with E-state index in [-0.39, 0.29) is 10.6 Å². The number of hydrogen-bond donors (Lipinski definition) is 1. The maximum absolute atomic E-state index is 12.7. The number of azo groups is 1. The lowest BCUT2D eigenvalue weighted by molar-refractivity contribution is 0.288. The van der Waals surface area contributed by atoms with Gasteiger partial charge < -0.3 is 5.11 Å². The SMILES string of the molecule is Cc1cc(Br)c(O)c(N=Nc2ccc(S(=O)(=O)N3CCC(C)CC3)cc2)c1. The Morgan fingerprint density at radius 1 is 1.11 bits per heavy atom. The van der Waals surface area contributed by atoms with E-state index in [2.05, 4.69) is 33.1 Å². The van der Waals surface area contributed by atoms with Crippen LogP contribution < -0.4 is 0 Å². The number of phenols is 1. The van der Waals surface area contributed by atoms with E-state index in [9.17, 15) is 13.5 Å². The lowest BCUT2D eigenvalue weighted by atomic mass is 10.0. The Balaban J connectivity index is 1.78. The van der Waals surface area contributed by atoms with Crippen LogP contribution in [0.4, 0.5) is 11.4 Å². The quantitative estimate of drug-likeness (QED) is 0.640. The summed E-state index contributed by atoms with van der Waals surface area (Å²) in [6.07, 6.45) is 1.78. The lowest BCUT2D eigenvalue weighted by Gasteiger charge is -2.29. The minimum atomic E-state index is -3.47. The van der Waals surface area contributed by atoms with Gasteiger partial charge in [-0.05, 0) is 83.6 Å². The molecular formula is C19H22BrN3O3S. The van der Waals surface area contributed by atoms with Crippen LogP contribution in [-0.4, -0.2) is 30.9 Å². The van der Waals surface area contributed by atoms with Gasteiger partial charge in [0.25, 0.3) is 0 Å². The molecule has 0 saturated carbocycles. The third kappa shape index (κ3) is 4.56. The normalized spacial score (nSPS) is 16.9. The highest BCUT2D eigenvalue weighted by Crippen LogP contribution is 2.36. The van der Waals surface area contributed by atoms with Crippen LogP contribution in [0.2, 0.25) is 0 Å². The van der Waals surface area contributed by atoms with Gasteiger partial charge in [0.1, 0.15) is 5.69 Å². The molecule has 6 nitrogen and oxygen atoms in total. The average Bonchev–Trinajstić information content (AvgIpc) is 2.64. The van der Waals surface area contributed by atoms with Crippen molar-refractivity contribution in [2.45, 2.75) is 31.6 Å². The highest BCUT2D eigenvalue weighted by molar-refractivity contribution is 9.10. The van der Waals surface area contributed by atoms with Gasteiger partial charge in [0.2, 0.25) is 10.0 Å². The Morgan fingerprint density at radius 3 is 2.37 bits per heavy atom. The highest BCUT2D eigenvalue weighted by atomic mass is 79.9. The third-order valence-corrected chi connectivity index (χ3v) is 7.20. The van der Waals surface area contributed by atoms with E-state index >= 15 is 0 Å². The molecule has 0 aliphatic carbocycles. The zero-order valence-corrected chi connectivity index (χ0v) is 17.7. The minimum absolute atomic E-state index is 0.0166. The average molecular weight is 452 g/mol. The van der Waals surface area contributed by atoms with Crippen LogP contribution in [0.3, 0.4) is 0 Å². The molecule has 1 saturated heterocycles. The first-order valence-corrected chi connectivity index (χ1v) is 11.0. The standard InChI is InChI=1S/C19H22BrN3O3S/c1-13-7-9-23(10-8-13)27(25,26)16-5-3-15(4-6-16)21-22-18-12-14(2)11-17(20)19(18)24/h3-6,11-13,24H,7-10H2,1-2H3. The number of aromatic hydroxyl groups is 1. The van der Waals surface area contributed by atoms with Crippen LogP contribution in [0, 0.1) is 12.8 Å². The molecule has 144 valence electrons. The van der Waals surface area contributed by atoms with Gasteiger partial charge in [-0.15, -0.1) is 5.11 Å². The molecular weight excluding hydrogens is 430 g/mol. The van der Waals surface area contributed by atoms with Crippen molar-refractivity contribution in [1.29, 1.82) is 0 Å². The van der Waals surface area contributed by atoms with Crippen LogP contribution in [0.15, 0.2) is 56.0 Å². The van der Waals surface area contributed by atoms with Gasteiger partial charge in [0, 0.05) is 13.1 Å². The van der Waals surface area contributed by atoms with Crippen molar-refractivity contribution in [3.8, 4) is 5.75 Å². The Labute approximate surface area is 168 Å². The van der Waals surface area contributed by atoms with Crippen molar-refractivity contribution in [2.24, 2.45) is 16.1 Å². The van der Waals surface area contributed by atoms with E-state index in [1.807, 2.05) is 6.92 Å². The molecule has 1 N–H and O–H groups in total. The van der Waals surface area contributed by atoms with Crippen LogP contribution in [-0.2, 0) is 10.0 Å². The molecule has 2 aromatic rings. The van der Waals surface area contributed by atoms with E-state index in [1.54, 1.807) is 40.7 Å². The molecule has 8 heteroatoms. The van der Waals surface area contributed by atoms with E-state index in [4.69, 9.17) is 0 Å². The second-order valence-electron chi connectivity index (χ2n) is 6.89. The van der Waals surface area contributed by atoms with Crippen LogP contribution in [0.5, 0.6) is 5.75 Å². The van der Waals surface area contributed by atoms with Crippen molar-refractivity contribution >= 4 is 37.3 Å². The summed E-state index contributed by atoms with van der Waals surface area (Å²) >= 11 is 3.27. The summed E-state index contributed by atoms with van der Waals surface area (Å²) in [4.78, 5) is 0.261. The molecule has 1 fully saturated rings. The van der Waals surface area contributed by atoms with Crippen molar-refractivity contribution in [3.05, 3.63) is 46.4 Å². The molecule has 0 atom stereocenters. The summed E-state index contributed by atoms with van der Waals surface area (Å²) in [6.45, 7) is 5.16. The molecule has 0 spiro atoms. The molecule has 3 rings (SSSR count). The summed E-state index contributed by atoms with van der Waals surface area (Å²) in [5.41, 5.74) is 1.80. The predicted octanol–water partition coefficient (Wildman–Crippen LogP) is 5.30. The van der Waals surface area contributed by atoms with Gasteiger partial charge in [0.15, 0.2) is 5.75 Å². The van der Waals surface area contributed by atoms with Crippen LogP contribution >= 0.6 is 15.9 Å². The Morgan fingerprint density at radius 2 is 1.74 bits per heavy atom. The van der Waals surface area contributed by atoms with Crippen molar-refractivity contribution < 1.29 is 13.5 Å². The molecule has 2 aromatic carbocycles. The monoisotopic (exact) mass is 451 g/mol. The topological polar surface area (TPSA) is 82.3 Å². The first kappa shape index (κ1) is 20.0. The van der Waals surface area contributed by atoms with Gasteiger partial charge in [0.05, 0.1) is 15.1 Å². The number of phenolic OH excluding ortho intramolecular Hbond substituents is 1. The van der Waals surface area contributed by atoms with Crippen LogP contribution in [0.25, 0.3) is 0 Å². The maximum Gasteiger partial charge on any atom is 0.243 e. The second kappa shape index (κ2) is 8.08. The fourth-order valence-corrected chi connectivity index (χ4v) is 5.00. The van der Waals surface area contributed by atoms with E-state index in [0.717, 1.165) is 18.4 Å². The first-order valence-electron chi connectivity index (χ1n) is 8.78. The van der Waals surface area contributed by atoms with E-state index in [1.165, 1.54) is 0 Å². The number of benzene rings is 2. The van der Waals surface area contributed by atoms with E-state index < -0.39 is 10.0 Å². The molecule has 1 heterocycles. The molecule has 1 aliphatic rings. The van der Waals surface area contributed by atoms with Crippen molar-refractivity contribution in [1.82, 2.24) is 4.31 Å². The summed E-state index contributed by atoms with van der Waals surface area (Å²) in [5, 5.41) is 18.2. The van der Waals surface area contributed by atoms with Gasteiger partial charge in [-0.3, -0.25) is 0 Å². The number of sulfonamides is 1. The Bertz CT molecular complexity index is 951. The minimum Gasteiger partial charge on any atom is -0.505 e. The molecule has 0 amide bonds. The molecule has 0 radical (unpaired) electrons. The Hall–Kier alpha value is -1.77. The van der Waals surface area contributed by atoms with Crippen molar-refractivity contribution in [3.63, 3.8) is 0 Å². The van der Waals surface area contributed by atoms with Gasteiger partial charge in [-0.2, -0.15) is 9.42 Å². The third-order valence-electron chi connectivity index (χ3n) is 4.68. The number of rotatable bonds is 4. The predicted molar refractivity (Wildman–Crippen MR) is 108 cm³/mol. The number of hydrogen-bond acceptors (Lipinski definition) is 5. The van der Waals surface area contributed by atoms with Crippen molar-refractivity contribution in [2.75, 3.05) is 13.1 Å². The molecule has 0 aromatic heterocycles. The molecule has 0 unspecified atom stereocenters. The second-order valence-corrected chi connectivity index (χ2v) is 9.69. The number of halogens is 1. The summed E-state index contributed by atoms with van der Waals surface area (Å²) in [6, 6.07) is 9.84. The fraction of sp³-hybridized carbons (Fsp3) is 0.368.